The van der Waals surface area contributed by atoms with Crippen LogP contribution in [-0.2, 0) is 0 Å². The summed E-state index contributed by atoms with van der Waals surface area (Å²) in [5.41, 5.74) is 6.99. The molecule has 2 aromatic carbocycles. The first-order valence-electron chi connectivity index (χ1n) is 5.74. The topological polar surface area (TPSA) is 55.1 Å². The molecule has 0 spiro atoms. The van der Waals surface area contributed by atoms with Crippen molar-refractivity contribution >= 4 is 60.7 Å². The molecule has 0 saturated carbocycles. The van der Waals surface area contributed by atoms with Crippen molar-refractivity contribution in [1.29, 1.82) is 0 Å². The number of rotatable bonds is 3. The average molecular weight is 432 g/mol. The lowest BCUT2D eigenvalue weighted by Gasteiger charge is -2.09. The van der Waals surface area contributed by atoms with E-state index >= 15 is 0 Å². The third-order valence-electron chi connectivity index (χ3n) is 2.68. The number of benzene rings is 2. The van der Waals surface area contributed by atoms with Crippen LogP contribution in [0.4, 0.5) is 10.1 Å². The number of nitrogens with two attached hydrogens (primary N) is 1. The van der Waals surface area contributed by atoms with Gasteiger partial charge in [-0.3, -0.25) is 4.79 Å². The molecule has 0 atom stereocenters. The van der Waals surface area contributed by atoms with Gasteiger partial charge in [0.25, 0.3) is 5.91 Å². The average Bonchev–Trinajstić information content (AvgIpc) is 2.43. The number of amides is 1. The fourth-order valence-corrected chi connectivity index (χ4v) is 2.45. The minimum Gasteiger partial charge on any atom is -0.389 e. The van der Waals surface area contributed by atoms with Gasteiger partial charge in [-0.2, -0.15) is 0 Å². The van der Waals surface area contributed by atoms with E-state index in [-0.39, 0.29) is 10.6 Å². The van der Waals surface area contributed by atoms with E-state index in [1.807, 2.05) is 0 Å². The SMILES string of the molecule is NC(=S)c1ccc(NC(=O)c2ccc(Br)c(F)c2)c(Br)c1. The molecule has 0 aliphatic heterocycles. The van der Waals surface area contributed by atoms with E-state index in [2.05, 4.69) is 37.2 Å². The highest BCUT2D eigenvalue weighted by Crippen LogP contribution is 2.25. The van der Waals surface area contributed by atoms with E-state index < -0.39 is 11.7 Å². The Bertz CT molecular complexity index is 737. The highest BCUT2D eigenvalue weighted by atomic mass is 79.9. The fraction of sp³-hybridized carbons (Fsp3) is 0. The van der Waals surface area contributed by atoms with Gasteiger partial charge in [-0.25, -0.2) is 4.39 Å². The maximum absolute atomic E-state index is 13.4. The van der Waals surface area contributed by atoms with Crippen LogP contribution in [0, 0.1) is 5.82 Å². The van der Waals surface area contributed by atoms with Crippen molar-refractivity contribution in [2.24, 2.45) is 5.73 Å². The summed E-state index contributed by atoms with van der Waals surface area (Å²) in [4.78, 5) is 12.4. The lowest BCUT2D eigenvalue weighted by molar-refractivity contribution is 0.102. The Morgan fingerprint density at radius 1 is 1.10 bits per heavy atom. The molecule has 1 amide bonds. The van der Waals surface area contributed by atoms with Crippen molar-refractivity contribution in [1.82, 2.24) is 0 Å². The van der Waals surface area contributed by atoms with E-state index in [1.54, 1.807) is 18.2 Å². The molecular weight excluding hydrogens is 423 g/mol. The van der Waals surface area contributed by atoms with Gasteiger partial charge < -0.3 is 11.1 Å². The van der Waals surface area contributed by atoms with Gasteiger partial charge in [0, 0.05) is 15.6 Å². The van der Waals surface area contributed by atoms with Gasteiger partial charge in [-0.05, 0) is 68.3 Å². The fourth-order valence-electron chi connectivity index (χ4n) is 1.60. The summed E-state index contributed by atoms with van der Waals surface area (Å²) in [7, 11) is 0. The molecule has 0 saturated heterocycles. The molecule has 0 unspecified atom stereocenters. The van der Waals surface area contributed by atoms with Crippen LogP contribution in [0.1, 0.15) is 15.9 Å². The lowest BCUT2D eigenvalue weighted by Crippen LogP contribution is -2.14. The van der Waals surface area contributed by atoms with Gasteiger partial charge in [0.05, 0.1) is 10.2 Å². The van der Waals surface area contributed by atoms with Crippen molar-refractivity contribution in [2.75, 3.05) is 5.32 Å². The zero-order valence-corrected chi connectivity index (χ0v) is 14.5. The minimum absolute atomic E-state index is 0.223. The van der Waals surface area contributed by atoms with Crippen molar-refractivity contribution in [2.45, 2.75) is 0 Å². The summed E-state index contributed by atoms with van der Waals surface area (Å²) in [6, 6.07) is 9.25. The second-order valence-electron chi connectivity index (χ2n) is 4.14. The van der Waals surface area contributed by atoms with Gasteiger partial charge in [-0.15, -0.1) is 0 Å². The standard InChI is InChI=1S/C14H9Br2FN2OS/c15-9-3-1-8(6-11(9)17)14(20)19-12-4-2-7(13(18)21)5-10(12)16/h1-6H,(H2,18,21)(H,19,20). The first-order chi connectivity index (χ1) is 9.88. The predicted molar refractivity (Wildman–Crippen MR) is 92.1 cm³/mol. The number of hydrogen-bond donors (Lipinski definition) is 2. The van der Waals surface area contributed by atoms with Crippen molar-refractivity contribution < 1.29 is 9.18 Å². The third kappa shape index (κ3) is 3.87. The molecule has 0 heterocycles. The summed E-state index contributed by atoms with van der Waals surface area (Å²) < 4.78 is 14.4. The van der Waals surface area contributed by atoms with Crippen LogP contribution in [0.2, 0.25) is 0 Å². The van der Waals surface area contributed by atoms with Crippen molar-refractivity contribution in [3.05, 3.63) is 62.3 Å². The second-order valence-corrected chi connectivity index (χ2v) is 6.29. The van der Waals surface area contributed by atoms with Crippen LogP contribution in [0.5, 0.6) is 0 Å². The zero-order chi connectivity index (χ0) is 15.6. The normalized spacial score (nSPS) is 10.2. The van der Waals surface area contributed by atoms with Gasteiger partial charge in [0.15, 0.2) is 0 Å². The lowest BCUT2D eigenvalue weighted by atomic mass is 10.2. The molecule has 0 aromatic heterocycles. The minimum atomic E-state index is -0.495. The van der Waals surface area contributed by atoms with Crippen LogP contribution in [0.15, 0.2) is 45.3 Å². The first kappa shape index (κ1) is 16.1. The monoisotopic (exact) mass is 430 g/mol. The Balaban J connectivity index is 2.23. The molecule has 2 aromatic rings. The van der Waals surface area contributed by atoms with E-state index in [4.69, 9.17) is 18.0 Å². The molecular formula is C14H9Br2FN2OS. The summed E-state index contributed by atoms with van der Waals surface area (Å²) in [6.45, 7) is 0. The van der Waals surface area contributed by atoms with Crippen LogP contribution in [-0.4, -0.2) is 10.9 Å². The Hall–Kier alpha value is -1.31. The van der Waals surface area contributed by atoms with E-state index in [1.165, 1.54) is 12.1 Å². The Morgan fingerprint density at radius 2 is 1.76 bits per heavy atom. The smallest absolute Gasteiger partial charge is 0.255 e. The molecule has 2 rings (SSSR count). The van der Waals surface area contributed by atoms with Crippen molar-refractivity contribution in [3.63, 3.8) is 0 Å². The van der Waals surface area contributed by atoms with Crippen LogP contribution in [0.25, 0.3) is 0 Å². The number of anilines is 1. The van der Waals surface area contributed by atoms with Gasteiger partial charge in [0.1, 0.15) is 10.8 Å². The Labute approximate surface area is 143 Å². The first-order valence-corrected chi connectivity index (χ1v) is 7.73. The highest BCUT2D eigenvalue weighted by molar-refractivity contribution is 9.10. The number of halogens is 3. The Kier molecular flexibility index (Phi) is 5.08. The number of hydrogen-bond acceptors (Lipinski definition) is 2. The maximum atomic E-state index is 13.4. The Morgan fingerprint density at radius 3 is 2.33 bits per heavy atom. The summed E-state index contributed by atoms with van der Waals surface area (Å²) in [5, 5.41) is 2.69. The molecule has 0 radical (unpaired) electrons. The molecule has 0 aliphatic carbocycles. The van der Waals surface area contributed by atoms with E-state index in [9.17, 15) is 9.18 Å². The summed E-state index contributed by atoms with van der Waals surface area (Å²) in [6.07, 6.45) is 0. The molecule has 108 valence electrons. The van der Waals surface area contributed by atoms with Crippen LogP contribution < -0.4 is 11.1 Å². The van der Waals surface area contributed by atoms with Gasteiger partial charge in [-0.1, -0.05) is 12.2 Å². The zero-order valence-electron chi connectivity index (χ0n) is 10.5. The predicted octanol–water partition coefficient (Wildman–Crippen LogP) is 4.24. The van der Waals surface area contributed by atoms with Gasteiger partial charge in [0.2, 0.25) is 0 Å². The quantitative estimate of drug-likeness (QED) is 0.714. The third-order valence-corrected chi connectivity index (χ3v) is 4.22. The molecule has 0 aliphatic rings. The van der Waals surface area contributed by atoms with Gasteiger partial charge >= 0.3 is 0 Å². The molecule has 0 fully saturated rings. The summed E-state index contributed by atoms with van der Waals surface area (Å²) in [5.74, 6) is -0.907. The molecule has 0 bridgehead atoms. The molecule has 3 nitrogen and oxygen atoms in total. The molecule has 3 N–H and O–H groups in total. The number of thiocarbonyl (C=S) groups is 1. The second kappa shape index (κ2) is 6.64. The van der Waals surface area contributed by atoms with Crippen molar-refractivity contribution in [3.8, 4) is 0 Å². The van der Waals surface area contributed by atoms with E-state index in [0.717, 1.165) is 6.07 Å². The number of nitrogens with one attached hydrogen (secondary N) is 1. The number of carbonyl (C=O) groups is 1. The highest BCUT2D eigenvalue weighted by Gasteiger charge is 2.11. The number of carbonyl (C=O) groups excluding carboxylic acids is 1. The maximum Gasteiger partial charge on any atom is 0.255 e. The van der Waals surface area contributed by atoms with Crippen LogP contribution in [0.3, 0.4) is 0 Å². The van der Waals surface area contributed by atoms with E-state index in [0.29, 0.717) is 20.2 Å². The largest absolute Gasteiger partial charge is 0.389 e. The molecule has 21 heavy (non-hydrogen) atoms. The summed E-state index contributed by atoms with van der Waals surface area (Å²) >= 11 is 11.3. The molecule has 7 heteroatoms. The van der Waals surface area contributed by atoms with Crippen LogP contribution >= 0.6 is 44.1 Å².